The number of carbonyl (C=O) groups excluding carboxylic acids is 1. The van der Waals surface area contributed by atoms with Crippen LogP contribution in [-0.4, -0.2) is 18.6 Å². The Bertz CT molecular complexity index is 944. The van der Waals surface area contributed by atoms with Gasteiger partial charge in [-0.15, -0.1) is 0 Å². The molecule has 0 spiro atoms. The van der Waals surface area contributed by atoms with Crippen molar-refractivity contribution in [2.24, 2.45) is 0 Å². The number of hydrogen-bond acceptors (Lipinski definition) is 4. The number of anilines is 2. The summed E-state index contributed by atoms with van der Waals surface area (Å²) in [5, 5.41) is 6.06. The monoisotopic (exact) mass is 404 g/mol. The summed E-state index contributed by atoms with van der Waals surface area (Å²) in [5.41, 5.74) is 2.55. The van der Waals surface area contributed by atoms with Crippen molar-refractivity contribution in [2.75, 3.05) is 17.2 Å². The Balaban J connectivity index is 1.54. The van der Waals surface area contributed by atoms with Crippen molar-refractivity contribution < 1.29 is 14.3 Å². The Kier molecular flexibility index (Phi) is 7.72. The van der Waals surface area contributed by atoms with Gasteiger partial charge in [-0.1, -0.05) is 55.5 Å². The van der Waals surface area contributed by atoms with Gasteiger partial charge in [0.1, 0.15) is 18.1 Å². The second kappa shape index (κ2) is 10.9. The van der Waals surface area contributed by atoms with Crippen molar-refractivity contribution in [3.8, 4) is 11.5 Å². The van der Waals surface area contributed by atoms with Crippen molar-refractivity contribution in [2.45, 2.75) is 33.0 Å². The van der Waals surface area contributed by atoms with Crippen LogP contribution in [0.2, 0.25) is 0 Å². The zero-order valence-corrected chi connectivity index (χ0v) is 17.4. The fourth-order valence-electron chi connectivity index (χ4n) is 2.80. The average Bonchev–Trinajstić information content (AvgIpc) is 2.78. The van der Waals surface area contributed by atoms with Crippen LogP contribution < -0.4 is 20.1 Å². The molecule has 5 heteroatoms. The maximum Gasteiger partial charge on any atom is 0.243 e. The Morgan fingerprint density at radius 3 is 2.53 bits per heavy atom. The smallest absolute Gasteiger partial charge is 0.243 e. The van der Waals surface area contributed by atoms with E-state index in [9.17, 15) is 4.79 Å². The molecule has 3 aromatic carbocycles. The first-order valence-corrected chi connectivity index (χ1v) is 10.2. The fraction of sp³-hybridized carbons (Fsp3) is 0.240. The molecule has 3 aromatic rings. The van der Waals surface area contributed by atoms with Crippen LogP contribution in [0, 0.1) is 0 Å². The molecule has 0 aliphatic carbocycles. The van der Waals surface area contributed by atoms with Crippen LogP contribution in [0.3, 0.4) is 0 Å². The van der Waals surface area contributed by atoms with Crippen LogP contribution in [0.4, 0.5) is 11.4 Å². The van der Waals surface area contributed by atoms with Gasteiger partial charge in [0.05, 0.1) is 18.3 Å². The predicted octanol–water partition coefficient (Wildman–Crippen LogP) is 5.49. The number of nitrogens with one attached hydrogen (secondary N) is 2. The molecule has 1 atom stereocenters. The van der Waals surface area contributed by atoms with Crippen LogP contribution in [0.15, 0.2) is 78.9 Å². The summed E-state index contributed by atoms with van der Waals surface area (Å²) in [6, 6.07) is 25.0. The summed E-state index contributed by atoms with van der Waals surface area (Å²) in [7, 11) is 0. The van der Waals surface area contributed by atoms with Crippen molar-refractivity contribution in [3.05, 3.63) is 84.4 Å². The molecule has 2 N–H and O–H groups in total. The molecule has 30 heavy (non-hydrogen) atoms. The van der Waals surface area contributed by atoms with E-state index >= 15 is 0 Å². The molecule has 0 radical (unpaired) electrons. The van der Waals surface area contributed by atoms with E-state index in [1.165, 1.54) is 0 Å². The van der Waals surface area contributed by atoms with Crippen molar-refractivity contribution >= 4 is 17.3 Å². The van der Waals surface area contributed by atoms with Gasteiger partial charge in [0.2, 0.25) is 5.91 Å². The first-order chi connectivity index (χ1) is 14.6. The normalized spacial score (nSPS) is 11.4. The zero-order chi connectivity index (χ0) is 21.2. The van der Waals surface area contributed by atoms with E-state index in [2.05, 4.69) is 17.6 Å². The lowest BCUT2D eigenvalue weighted by molar-refractivity contribution is -0.114. The van der Waals surface area contributed by atoms with Crippen LogP contribution in [0.25, 0.3) is 0 Å². The first-order valence-electron chi connectivity index (χ1n) is 10.2. The second-order valence-electron chi connectivity index (χ2n) is 7.04. The molecule has 0 bridgehead atoms. The highest BCUT2D eigenvalue weighted by Crippen LogP contribution is 2.25. The summed E-state index contributed by atoms with van der Waals surface area (Å²) in [6.07, 6.45) is 1.09. The van der Waals surface area contributed by atoms with Gasteiger partial charge in [-0.05, 0) is 43.2 Å². The number of amides is 1. The molecule has 5 nitrogen and oxygen atoms in total. The standard InChI is InChI=1S/C25H28N2O3/c1-3-19(2)30-22-13-9-12-21(16-22)26-17-25(28)27-23-14-7-8-15-24(23)29-18-20-10-5-4-6-11-20/h4-16,19,26H,3,17-18H2,1-2H3,(H,27,28). The van der Waals surface area contributed by atoms with E-state index in [-0.39, 0.29) is 18.6 Å². The summed E-state index contributed by atoms with van der Waals surface area (Å²) in [6.45, 7) is 4.69. The van der Waals surface area contributed by atoms with E-state index in [1.54, 1.807) is 0 Å². The molecule has 0 saturated heterocycles. The number of benzene rings is 3. The van der Waals surface area contributed by atoms with E-state index < -0.39 is 0 Å². The Hall–Kier alpha value is -3.47. The summed E-state index contributed by atoms with van der Waals surface area (Å²) in [5.74, 6) is 1.27. The number of rotatable bonds is 10. The van der Waals surface area contributed by atoms with E-state index in [0.717, 1.165) is 23.4 Å². The molecule has 1 amide bonds. The lowest BCUT2D eigenvalue weighted by Crippen LogP contribution is -2.22. The number of ether oxygens (including phenoxy) is 2. The van der Waals surface area contributed by atoms with Crippen LogP contribution in [-0.2, 0) is 11.4 Å². The largest absolute Gasteiger partial charge is 0.491 e. The molecule has 156 valence electrons. The molecule has 0 heterocycles. The molecular formula is C25H28N2O3. The highest BCUT2D eigenvalue weighted by molar-refractivity contribution is 5.95. The van der Waals surface area contributed by atoms with Gasteiger partial charge in [-0.3, -0.25) is 4.79 Å². The number of para-hydroxylation sites is 2. The van der Waals surface area contributed by atoms with Crippen LogP contribution in [0.1, 0.15) is 25.8 Å². The van der Waals surface area contributed by atoms with Gasteiger partial charge in [0.25, 0.3) is 0 Å². The highest BCUT2D eigenvalue weighted by atomic mass is 16.5. The van der Waals surface area contributed by atoms with Gasteiger partial charge in [-0.25, -0.2) is 0 Å². The van der Waals surface area contributed by atoms with Crippen LogP contribution >= 0.6 is 0 Å². The molecule has 0 saturated carbocycles. The van der Waals surface area contributed by atoms with Gasteiger partial charge >= 0.3 is 0 Å². The lowest BCUT2D eigenvalue weighted by atomic mass is 10.2. The topological polar surface area (TPSA) is 59.6 Å². The van der Waals surface area contributed by atoms with Gasteiger partial charge < -0.3 is 20.1 Å². The lowest BCUT2D eigenvalue weighted by Gasteiger charge is -2.15. The first kappa shape index (κ1) is 21.2. The van der Waals surface area contributed by atoms with Gasteiger partial charge in [0.15, 0.2) is 0 Å². The maximum absolute atomic E-state index is 12.5. The van der Waals surface area contributed by atoms with E-state index in [4.69, 9.17) is 9.47 Å². The Labute approximate surface area is 178 Å². The minimum absolute atomic E-state index is 0.139. The van der Waals surface area contributed by atoms with Gasteiger partial charge in [-0.2, -0.15) is 0 Å². The minimum Gasteiger partial charge on any atom is -0.491 e. The average molecular weight is 405 g/mol. The summed E-state index contributed by atoms with van der Waals surface area (Å²) in [4.78, 5) is 12.5. The molecule has 0 aliphatic rings. The Morgan fingerprint density at radius 1 is 0.967 bits per heavy atom. The third-order valence-electron chi connectivity index (χ3n) is 4.60. The van der Waals surface area contributed by atoms with E-state index in [0.29, 0.717) is 18.0 Å². The van der Waals surface area contributed by atoms with Crippen molar-refractivity contribution in [1.29, 1.82) is 0 Å². The number of carbonyl (C=O) groups is 1. The minimum atomic E-state index is -0.154. The SMILES string of the molecule is CCC(C)Oc1cccc(NCC(=O)Nc2ccccc2OCc2ccccc2)c1. The predicted molar refractivity (Wildman–Crippen MR) is 121 cm³/mol. The summed E-state index contributed by atoms with van der Waals surface area (Å²) >= 11 is 0. The summed E-state index contributed by atoms with van der Waals surface area (Å²) < 4.78 is 11.7. The second-order valence-corrected chi connectivity index (χ2v) is 7.04. The third-order valence-corrected chi connectivity index (χ3v) is 4.60. The van der Waals surface area contributed by atoms with Crippen molar-refractivity contribution in [1.82, 2.24) is 0 Å². The maximum atomic E-state index is 12.5. The fourth-order valence-corrected chi connectivity index (χ4v) is 2.80. The molecule has 0 aromatic heterocycles. The van der Waals surface area contributed by atoms with Crippen molar-refractivity contribution in [3.63, 3.8) is 0 Å². The zero-order valence-electron chi connectivity index (χ0n) is 17.4. The van der Waals surface area contributed by atoms with Gasteiger partial charge in [0, 0.05) is 11.8 Å². The van der Waals surface area contributed by atoms with Crippen LogP contribution in [0.5, 0.6) is 11.5 Å². The molecule has 0 aliphatic heterocycles. The quantitative estimate of drug-likeness (QED) is 0.469. The molecule has 1 unspecified atom stereocenters. The molecular weight excluding hydrogens is 376 g/mol. The number of hydrogen-bond donors (Lipinski definition) is 2. The third kappa shape index (κ3) is 6.55. The molecule has 3 rings (SSSR count). The highest BCUT2D eigenvalue weighted by Gasteiger charge is 2.09. The molecule has 0 fully saturated rings. The van der Waals surface area contributed by atoms with E-state index in [1.807, 2.05) is 85.8 Å². The Morgan fingerprint density at radius 2 is 1.73 bits per heavy atom.